The molecule has 2 aromatic carbocycles. The van der Waals surface area contributed by atoms with E-state index in [1.165, 1.54) is 11.3 Å². The van der Waals surface area contributed by atoms with Gasteiger partial charge >= 0.3 is 0 Å². The molecule has 3 aromatic rings. The SMILES string of the molecule is Cc1ccc(NC2CCN(S(=O)(=O)c3ccc(-c4ccc5c(c4)C4(CCOCC4)CN5)cc3)CC2)nc1. The van der Waals surface area contributed by atoms with Crippen LogP contribution in [0.25, 0.3) is 11.1 Å². The van der Waals surface area contributed by atoms with Crippen LogP contribution in [0.4, 0.5) is 11.5 Å². The zero-order valence-electron chi connectivity index (χ0n) is 21.2. The normalized spacial score (nSPS) is 19.9. The molecule has 0 radical (unpaired) electrons. The lowest BCUT2D eigenvalue weighted by Gasteiger charge is -2.33. The summed E-state index contributed by atoms with van der Waals surface area (Å²) in [4.78, 5) is 4.77. The second-order valence-electron chi connectivity index (χ2n) is 10.6. The number of hydrogen-bond donors (Lipinski definition) is 2. The minimum atomic E-state index is -3.53. The predicted molar refractivity (Wildman–Crippen MR) is 146 cm³/mol. The van der Waals surface area contributed by atoms with Crippen molar-refractivity contribution < 1.29 is 13.2 Å². The average Bonchev–Trinajstić information content (AvgIpc) is 3.27. The fourth-order valence-electron chi connectivity index (χ4n) is 5.86. The third kappa shape index (κ3) is 4.74. The summed E-state index contributed by atoms with van der Waals surface area (Å²) < 4.78 is 34.0. The van der Waals surface area contributed by atoms with E-state index in [1.807, 2.05) is 37.4 Å². The van der Waals surface area contributed by atoms with Gasteiger partial charge in [-0.15, -0.1) is 0 Å². The van der Waals surface area contributed by atoms with Crippen molar-refractivity contribution >= 4 is 21.5 Å². The number of ether oxygens (including phenoxy) is 1. The Morgan fingerprint density at radius 2 is 1.73 bits per heavy atom. The fourth-order valence-corrected chi connectivity index (χ4v) is 7.33. The monoisotopic (exact) mass is 518 g/mol. The zero-order valence-corrected chi connectivity index (χ0v) is 22.1. The lowest BCUT2D eigenvalue weighted by atomic mass is 9.75. The predicted octanol–water partition coefficient (Wildman–Crippen LogP) is 4.80. The van der Waals surface area contributed by atoms with Gasteiger partial charge in [-0.25, -0.2) is 13.4 Å². The van der Waals surface area contributed by atoms with Crippen LogP contribution in [0.5, 0.6) is 0 Å². The van der Waals surface area contributed by atoms with Crippen LogP contribution >= 0.6 is 0 Å². The molecule has 1 aromatic heterocycles. The van der Waals surface area contributed by atoms with Gasteiger partial charge in [-0.1, -0.05) is 24.3 Å². The number of aryl methyl sites for hydroxylation is 1. The first kappa shape index (κ1) is 24.4. The molecule has 1 spiro atoms. The number of anilines is 2. The molecule has 0 bridgehead atoms. The van der Waals surface area contributed by atoms with E-state index in [9.17, 15) is 8.42 Å². The highest BCUT2D eigenvalue weighted by Gasteiger charge is 2.40. The molecule has 3 aliphatic heterocycles. The molecule has 0 aliphatic carbocycles. The highest BCUT2D eigenvalue weighted by molar-refractivity contribution is 7.89. The van der Waals surface area contributed by atoms with E-state index in [1.54, 1.807) is 16.4 Å². The molecular weight excluding hydrogens is 484 g/mol. The van der Waals surface area contributed by atoms with Crippen LogP contribution in [-0.2, 0) is 20.2 Å². The molecule has 2 fully saturated rings. The summed E-state index contributed by atoms with van der Waals surface area (Å²) in [6.07, 6.45) is 5.41. The first-order valence-corrected chi connectivity index (χ1v) is 14.6. The highest BCUT2D eigenvalue weighted by Crippen LogP contribution is 2.45. The van der Waals surface area contributed by atoms with E-state index in [-0.39, 0.29) is 11.5 Å². The molecule has 2 saturated heterocycles. The molecule has 0 atom stereocenters. The Hall–Kier alpha value is -2.94. The van der Waals surface area contributed by atoms with E-state index < -0.39 is 10.0 Å². The van der Waals surface area contributed by atoms with Gasteiger partial charge in [0.05, 0.1) is 4.90 Å². The van der Waals surface area contributed by atoms with Crippen molar-refractivity contribution in [3.8, 4) is 11.1 Å². The van der Waals surface area contributed by atoms with Crippen LogP contribution in [0.1, 0.15) is 36.8 Å². The Morgan fingerprint density at radius 3 is 2.43 bits per heavy atom. The molecule has 0 unspecified atom stereocenters. The van der Waals surface area contributed by atoms with Gasteiger partial charge in [-0.2, -0.15) is 4.31 Å². The Balaban J connectivity index is 1.14. The fraction of sp³-hybridized carbons (Fsp3) is 0.414. The lowest BCUT2D eigenvalue weighted by Crippen LogP contribution is -2.42. The topological polar surface area (TPSA) is 83.6 Å². The average molecular weight is 519 g/mol. The largest absolute Gasteiger partial charge is 0.384 e. The lowest BCUT2D eigenvalue weighted by molar-refractivity contribution is 0.0567. The molecule has 0 saturated carbocycles. The minimum Gasteiger partial charge on any atom is -0.384 e. The minimum absolute atomic E-state index is 0.142. The van der Waals surface area contributed by atoms with Crippen molar-refractivity contribution in [1.82, 2.24) is 9.29 Å². The smallest absolute Gasteiger partial charge is 0.243 e. The van der Waals surface area contributed by atoms with E-state index >= 15 is 0 Å². The van der Waals surface area contributed by atoms with Crippen LogP contribution in [0.2, 0.25) is 0 Å². The van der Waals surface area contributed by atoms with E-state index in [0.717, 1.165) is 68.0 Å². The summed E-state index contributed by atoms with van der Waals surface area (Å²) in [5.74, 6) is 0.840. The van der Waals surface area contributed by atoms with Crippen molar-refractivity contribution in [2.75, 3.05) is 43.5 Å². The van der Waals surface area contributed by atoms with Crippen molar-refractivity contribution in [3.63, 3.8) is 0 Å². The molecular formula is C29H34N4O3S. The summed E-state index contributed by atoms with van der Waals surface area (Å²) in [6, 6.07) is 18.2. The van der Waals surface area contributed by atoms with Gasteiger partial charge in [-0.3, -0.25) is 0 Å². The van der Waals surface area contributed by atoms with Gasteiger partial charge in [0.15, 0.2) is 0 Å². The Morgan fingerprint density at radius 1 is 1.00 bits per heavy atom. The number of benzene rings is 2. The summed E-state index contributed by atoms with van der Waals surface area (Å²) in [7, 11) is -3.53. The number of pyridine rings is 1. The van der Waals surface area contributed by atoms with E-state index in [2.05, 4.69) is 33.8 Å². The van der Waals surface area contributed by atoms with E-state index in [4.69, 9.17) is 4.74 Å². The van der Waals surface area contributed by atoms with Gasteiger partial charge in [0.1, 0.15) is 5.82 Å². The molecule has 6 rings (SSSR count). The first-order valence-electron chi connectivity index (χ1n) is 13.2. The number of piperidine rings is 1. The molecule has 3 aliphatic rings. The third-order valence-electron chi connectivity index (χ3n) is 8.20. The first-order chi connectivity index (χ1) is 17.9. The number of nitrogens with zero attached hydrogens (tertiary/aromatic N) is 2. The van der Waals surface area contributed by atoms with Crippen LogP contribution in [0, 0.1) is 6.92 Å². The van der Waals surface area contributed by atoms with Gasteiger partial charge in [0, 0.05) is 56.2 Å². The maximum Gasteiger partial charge on any atom is 0.243 e. The number of nitrogens with one attached hydrogen (secondary N) is 2. The summed E-state index contributed by atoms with van der Waals surface area (Å²) in [6.45, 7) is 5.56. The maximum absolute atomic E-state index is 13.4. The van der Waals surface area contributed by atoms with Crippen molar-refractivity contribution in [2.24, 2.45) is 0 Å². The summed E-state index contributed by atoms with van der Waals surface area (Å²) in [5.41, 5.74) is 5.99. The second-order valence-corrected chi connectivity index (χ2v) is 12.5. The standard InChI is InChI=1S/C29H34N4O3S/c1-21-2-9-28(30-19-21)32-24-10-14-33(15-11-24)37(34,35)25-6-3-22(4-7-25)23-5-8-27-26(18-23)29(20-31-27)12-16-36-17-13-29/h2-9,18-19,24,31H,10-17,20H2,1H3,(H,30,32). The van der Waals surface area contributed by atoms with Crippen LogP contribution < -0.4 is 10.6 Å². The van der Waals surface area contributed by atoms with E-state index in [0.29, 0.717) is 18.0 Å². The third-order valence-corrected chi connectivity index (χ3v) is 10.1. The number of fused-ring (bicyclic) bond motifs is 2. The number of rotatable bonds is 5. The number of aromatic nitrogens is 1. The Kier molecular flexibility index (Phi) is 6.42. The highest BCUT2D eigenvalue weighted by atomic mass is 32.2. The Bertz CT molecular complexity index is 1350. The van der Waals surface area contributed by atoms with Crippen LogP contribution in [0.15, 0.2) is 65.7 Å². The summed E-state index contributed by atoms with van der Waals surface area (Å²) >= 11 is 0. The zero-order chi connectivity index (χ0) is 25.5. The number of sulfonamides is 1. The number of hydrogen-bond acceptors (Lipinski definition) is 6. The molecule has 7 nitrogen and oxygen atoms in total. The van der Waals surface area contributed by atoms with Crippen molar-refractivity contribution in [3.05, 3.63) is 71.9 Å². The van der Waals surface area contributed by atoms with Gasteiger partial charge < -0.3 is 15.4 Å². The molecule has 37 heavy (non-hydrogen) atoms. The molecule has 2 N–H and O–H groups in total. The van der Waals surface area contributed by atoms with Gasteiger partial charge in [0.2, 0.25) is 10.0 Å². The Labute approximate surface area is 219 Å². The molecule has 0 amide bonds. The summed E-state index contributed by atoms with van der Waals surface area (Å²) in [5, 5.41) is 7.02. The van der Waals surface area contributed by atoms with Crippen LogP contribution in [-0.4, -0.2) is 56.6 Å². The van der Waals surface area contributed by atoms with Crippen molar-refractivity contribution in [1.29, 1.82) is 0 Å². The van der Waals surface area contributed by atoms with Gasteiger partial charge in [-0.05, 0) is 85.2 Å². The van der Waals surface area contributed by atoms with Crippen molar-refractivity contribution in [2.45, 2.75) is 49.0 Å². The van der Waals surface area contributed by atoms with Gasteiger partial charge in [0.25, 0.3) is 0 Å². The van der Waals surface area contributed by atoms with Crippen LogP contribution in [0.3, 0.4) is 0 Å². The molecule has 8 heteroatoms. The molecule has 4 heterocycles. The second kappa shape index (κ2) is 9.74. The molecule has 194 valence electrons. The maximum atomic E-state index is 13.4. The quantitative estimate of drug-likeness (QED) is 0.505.